The van der Waals surface area contributed by atoms with Gasteiger partial charge in [-0.15, -0.1) is 0 Å². The fraction of sp³-hybridized carbons (Fsp3) is 0.667. The third kappa shape index (κ3) is 3.11. The number of carbonyl (C=O) groups excluding carboxylic acids is 1. The van der Waals surface area contributed by atoms with Crippen LogP contribution >= 0.6 is 11.6 Å². The lowest BCUT2D eigenvalue weighted by Crippen LogP contribution is -2.50. The van der Waals surface area contributed by atoms with Gasteiger partial charge in [-0.3, -0.25) is 4.79 Å². The van der Waals surface area contributed by atoms with Crippen molar-refractivity contribution in [3.63, 3.8) is 0 Å². The van der Waals surface area contributed by atoms with Gasteiger partial charge in [0.15, 0.2) is 0 Å². The molecule has 2 heterocycles. The predicted molar refractivity (Wildman–Crippen MR) is 105 cm³/mol. The predicted octanol–water partition coefficient (Wildman–Crippen LogP) is 3.77. The molecule has 1 unspecified atom stereocenters. The van der Waals surface area contributed by atoms with Gasteiger partial charge in [-0.1, -0.05) is 17.7 Å². The van der Waals surface area contributed by atoms with E-state index in [4.69, 9.17) is 11.6 Å². The Balaban J connectivity index is 1.52. The van der Waals surface area contributed by atoms with Crippen molar-refractivity contribution < 1.29 is 9.90 Å². The van der Waals surface area contributed by atoms with Gasteiger partial charge in [0, 0.05) is 36.4 Å². The number of rotatable bonds is 2. The first kappa shape index (κ1) is 18.1. The fourth-order valence-corrected chi connectivity index (χ4v) is 5.39. The Kier molecular flexibility index (Phi) is 4.91. The molecule has 3 fully saturated rings. The highest BCUT2D eigenvalue weighted by atomic mass is 35.5. The van der Waals surface area contributed by atoms with E-state index < -0.39 is 0 Å². The summed E-state index contributed by atoms with van der Waals surface area (Å²) in [6.07, 6.45) is 6.38. The molecule has 1 amide bonds. The van der Waals surface area contributed by atoms with E-state index in [2.05, 4.69) is 22.8 Å². The zero-order chi connectivity index (χ0) is 18.3. The fourth-order valence-electron chi connectivity index (χ4n) is 5.22. The third-order valence-corrected chi connectivity index (χ3v) is 7.22. The van der Waals surface area contributed by atoms with Crippen LogP contribution in [-0.2, 0) is 4.79 Å². The Bertz CT molecular complexity index is 687. The van der Waals surface area contributed by atoms with E-state index in [1.54, 1.807) is 0 Å². The Morgan fingerprint density at radius 2 is 1.92 bits per heavy atom. The zero-order valence-electron chi connectivity index (χ0n) is 15.6. The first-order chi connectivity index (χ1) is 12.5. The maximum Gasteiger partial charge on any atom is 0.230 e. The third-order valence-electron chi connectivity index (χ3n) is 6.81. The number of halogens is 1. The van der Waals surface area contributed by atoms with Crippen LogP contribution in [0.5, 0.6) is 0 Å². The van der Waals surface area contributed by atoms with E-state index in [0.29, 0.717) is 11.9 Å². The molecule has 2 aliphatic heterocycles. The topological polar surface area (TPSA) is 43.8 Å². The molecular weight excluding hydrogens is 348 g/mol. The van der Waals surface area contributed by atoms with E-state index in [9.17, 15) is 9.90 Å². The largest absolute Gasteiger partial charge is 0.393 e. The van der Waals surface area contributed by atoms with Gasteiger partial charge in [-0.05, 0) is 69.6 Å². The van der Waals surface area contributed by atoms with Gasteiger partial charge in [-0.25, -0.2) is 0 Å². The van der Waals surface area contributed by atoms with Gasteiger partial charge >= 0.3 is 0 Å². The summed E-state index contributed by atoms with van der Waals surface area (Å²) in [7, 11) is 0. The molecule has 1 atom stereocenters. The van der Waals surface area contributed by atoms with E-state index in [0.717, 1.165) is 75.2 Å². The number of carbonyl (C=O) groups is 1. The highest BCUT2D eigenvalue weighted by molar-refractivity contribution is 6.31. The monoisotopic (exact) mass is 376 g/mol. The molecule has 1 aromatic carbocycles. The minimum Gasteiger partial charge on any atom is -0.393 e. The molecule has 4 rings (SSSR count). The van der Waals surface area contributed by atoms with Crippen molar-refractivity contribution in [2.75, 3.05) is 24.5 Å². The van der Waals surface area contributed by atoms with Crippen LogP contribution in [0.15, 0.2) is 18.2 Å². The van der Waals surface area contributed by atoms with E-state index in [1.807, 2.05) is 12.1 Å². The number of aliphatic hydroxyl groups is 1. The van der Waals surface area contributed by atoms with Gasteiger partial charge in [0.05, 0.1) is 11.5 Å². The van der Waals surface area contributed by atoms with Crippen LogP contribution < -0.4 is 4.90 Å². The first-order valence-corrected chi connectivity index (χ1v) is 10.4. The number of amides is 1. The second-order valence-electron chi connectivity index (χ2n) is 8.40. The number of hydrogen-bond donors (Lipinski definition) is 1. The second-order valence-corrected chi connectivity index (χ2v) is 8.81. The summed E-state index contributed by atoms with van der Waals surface area (Å²) in [5.74, 6) is 0.350. The Labute approximate surface area is 161 Å². The average Bonchev–Trinajstić information content (AvgIpc) is 2.94. The normalized spacial score (nSPS) is 32.5. The molecule has 1 N–H and O–H groups in total. The highest BCUT2D eigenvalue weighted by Gasteiger charge is 2.50. The molecule has 0 bridgehead atoms. The van der Waals surface area contributed by atoms with E-state index >= 15 is 0 Å². The van der Waals surface area contributed by atoms with Crippen LogP contribution in [0, 0.1) is 12.3 Å². The van der Waals surface area contributed by atoms with Crippen molar-refractivity contribution in [2.24, 2.45) is 5.41 Å². The standard InChI is InChI=1S/C21H29ClN2O2/c1-15-18(22)4-2-5-19(15)23-12-3-10-21(14-23)11-13-24(20(21)26)16-6-8-17(25)9-7-16/h2,4-5,16-17,25H,3,6-14H2,1H3/t16-,17-,21?. The number of aliphatic hydroxyl groups excluding tert-OH is 1. The van der Waals surface area contributed by atoms with Crippen molar-refractivity contribution in [3.8, 4) is 0 Å². The van der Waals surface area contributed by atoms with Gasteiger partial charge in [-0.2, -0.15) is 0 Å². The molecule has 142 valence electrons. The van der Waals surface area contributed by atoms with Crippen molar-refractivity contribution >= 4 is 23.2 Å². The van der Waals surface area contributed by atoms with Gasteiger partial charge < -0.3 is 14.9 Å². The molecule has 0 aromatic heterocycles. The summed E-state index contributed by atoms with van der Waals surface area (Å²) in [6, 6.07) is 6.38. The minimum atomic E-state index is -0.233. The van der Waals surface area contributed by atoms with Crippen LogP contribution in [0.25, 0.3) is 0 Å². The van der Waals surface area contributed by atoms with E-state index in [-0.39, 0.29) is 11.5 Å². The Morgan fingerprint density at radius 3 is 2.69 bits per heavy atom. The van der Waals surface area contributed by atoms with Gasteiger partial charge in [0.25, 0.3) is 0 Å². The van der Waals surface area contributed by atoms with Crippen molar-refractivity contribution in [3.05, 3.63) is 28.8 Å². The Hall–Kier alpha value is -1.26. The van der Waals surface area contributed by atoms with Crippen molar-refractivity contribution in [2.45, 2.75) is 64.0 Å². The van der Waals surface area contributed by atoms with Crippen LogP contribution in [0.3, 0.4) is 0 Å². The summed E-state index contributed by atoms with van der Waals surface area (Å²) in [4.78, 5) is 17.9. The lowest BCUT2D eigenvalue weighted by atomic mass is 9.78. The molecule has 1 aromatic rings. The molecule has 0 radical (unpaired) electrons. The average molecular weight is 377 g/mol. The summed E-state index contributed by atoms with van der Waals surface area (Å²) < 4.78 is 0. The number of nitrogens with zero attached hydrogens (tertiary/aromatic N) is 2. The lowest BCUT2D eigenvalue weighted by Gasteiger charge is -2.42. The zero-order valence-corrected chi connectivity index (χ0v) is 16.3. The number of likely N-dealkylation sites (tertiary alicyclic amines) is 1. The number of anilines is 1. The van der Waals surface area contributed by atoms with Crippen LogP contribution in [-0.4, -0.2) is 47.7 Å². The summed E-state index contributed by atoms with van der Waals surface area (Å²) in [5.41, 5.74) is 2.04. The first-order valence-electron chi connectivity index (χ1n) is 9.99. The second kappa shape index (κ2) is 7.05. The van der Waals surface area contributed by atoms with Gasteiger partial charge in [0.1, 0.15) is 0 Å². The lowest BCUT2D eigenvalue weighted by molar-refractivity contribution is -0.139. The molecule has 5 heteroatoms. The molecule has 4 nitrogen and oxygen atoms in total. The summed E-state index contributed by atoms with van der Waals surface area (Å²) in [5, 5.41) is 10.6. The molecule has 1 spiro atoms. The Morgan fingerprint density at radius 1 is 1.15 bits per heavy atom. The molecule has 2 saturated heterocycles. The van der Waals surface area contributed by atoms with Crippen LogP contribution in [0.1, 0.15) is 50.5 Å². The van der Waals surface area contributed by atoms with Crippen LogP contribution in [0.2, 0.25) is 5.02 Å². The van der Waals surface area contributed by atoms with Crippen molar-refractivity contribution in [1.82, 2.24) is 4.90 Å². The smallest absolute Gasteiger partial charge is 0.230 e. The summed E-state index contributed by atoms with van der Waals surface area (Å²) >= 11 is 6.33. The number of piperidine rings is 1. The van der Waals surface area contributed by atoms with Crippen molar-refractivity contribution in [1.29, 1.82) is 0 Å². The van der Waals surface area contributed by atoms with E-state index in [1.165, 1.54) is 5.69 Å². The number of benzene rings is 1. The highest BCUT2D eigenvalue weighted by Crippen LogP contribution is 2.44. The molecule has 1 aliphatic carbocycles. The molecule has 1 saturated carbocycles. The molecule has 26 heavy (non-hydrogen) atoms. The maximum atomic E-state index is 13.4. The van der Waals surface area contributed by atoms with Gasteiger partial charge in [0.2, 0.25) is 5.91 Å². The molecular formula is C21H29ClN2O2. The molecule has 3 aliphatic rings. The SMILES string of the molecule is Cc1c(Cl)cccc1N1CCCC2(CCN([C@H]3CC[C@H](O)CC3)C2=O)C1. The summed E-state index contributed by atoms with van der Waals surface area (Å²) in [6.45, 7) is 4.74. The quantitative estimate of drug-likeness (QED) is 0.854. The number of hydrogen-bond acceptors (Lipinski definition) is 3. The minimum absolute atomic E-state index is 0.172. The van der Waals surface area contributed by atoms with Crippen LogP contribution in [0.4, 0.5) is 5.69 Å². The maximum absolute atomic E-state index is 13.4.